The van der Waals surface area contributed by atoms with Gasteiger partial charge in [0.2, 0.25) is 0 Å². The van der Waals surface area contributed by atoms with E-state index in [1.807, 2.05) is 18.2 Å². The second-order valence-corrected chi connectivity index (χ2v) is 4.55. The van der Waals surface area contributed by atoms with Crippen LogP contribution in [-0.4, -0.2) is 38.3 Å². The van der Waals surface area contributed by atoms with Gasteiger partial charge in [0, 0.05) is 6.54 Å². The van der Waals surface area contributed by atoms with Crippen molar-refractivity contribution >= 4 is 0 Å². The highest BCUT2D eigenvalue weighted by Gasteiger charge is 2.11. The summed E-state index contributed by atoms with van der Waals surface area (Å²) in [5, 5.41) is 0. The number of benzene rings is 1. The minimum Gasteiger partial charge on any atom is -0.493 e. The molecule has 0 N–H and O–H groups in total. The van der Waals surface area contributed by atoms with E-state index in [0.717, 1.165) is 24.7 Å². The fraction of sp³-hybridized carbons (Fsp3) is 0.571. The summed E-state index contributed by atoms with van der Waals surface area (Å²) >= 11 is 0. The predicted molar refractivity (Wildman–Crippen MR) is 68.9 cm³/mol. The monoisotopic (exact) mass is 235 g/mol. The van der Waals surface area contributed by atoms with Crippen molar-refractivity contribution in [1.82, 2.24) is 4.90 Å². The van der Waals surface area contributed by atoms with Gasteiger partial charge < -0.3 is 9.47 Å². The largest absolute Gasteiger partial charge is 0.493 e. The van der Waals surface area contributed by atoms with Gasteiger partial charge in [-0.1, -0.05) is 6.07 Å². The van der Waals surface area contributed by atoms with Crippen LogP contribution in [0, 0.1) is 6.92 Å². The number of rotatable bonds is 5. The summed E-state index contributed by atoms with van der Waals surface area (Å²) in [6, 6.07) is 6.02. The van der Waals surface area contributed by atoms with Crippen molar-refractivity contribution in [3.8, 4) is 11.5 Å². The topological polar surface area (TPSA) is 21.7 Å². The van der Waals surface area contributed by atoms with Crippen molar-refractivity contribution < 1.29 is 9.47 Å². The Morgan fingerprint density at radius 2 is 1.94 bits per heavy atom. The lowest BCUT2D eigenvalue weighted by Gasteiger charge is -2.16. The molecule has 17 heavy (non-hydrogen) atoms. The van der Waals surface area contributed by atoms with Gasteiger partial charge >= 0.3 is 0 Å². The van der Waals surface area contributed by atoms with Crippen LogP contribution in [0.3, 0.4) is 0 Å². The Balaban J connectivity index is 1.86. The molecule has 1 fully saturated rings. The predicted octanol–water partition coefficient (Wildman–Crippen LogP) is 2.48. The lowest BCUT2D eigenvalue weighted by molar-refractivity contribution is 0.230. The van der Waals surface area contributed by atoms with Gasteiger partial charge in [-0.2, -0.15) is 0 Å². The van der Waals surface area contributed by atoms with Gasteiger partial charge in [-0.15, -0.1) is 0 Å². The van der Waals surface area contributed by atoms with E-state index in [4.69, 9.17) is 9.47 Å². The van der Waals surface area contributed by atoms with Crippen LogP contribution in [0.15, 0.2) is 18.2 Å². The first-order chi connectivity index (χ1) is 8.29. The Morgan fingerprint density at radius 3 is 2.65 bits per heavy atom. The molecule has 3 heteroatoms. The highest BCUT2D eigenvalue weighted by atomic mass is 16.5. The molecule has 0 unspecified atom stereocenters. The fourth-order valence-electron chi connectivity index (χ4n) is 2.19. The molecule has 1 heterocycles. The van der Waals surface area contributed by atoms with Gasteiger partial charge in [0.25, 0.3) is 0 Å². The summed E-state index contributed by atoms with van der Waals surface area (Å²) < 4.78 is 11.1. The lowest BCUT2D eigenvalue weighted by Crippen LogP contribution is -2.25. The van der Waals surface area contributed by atoms with Gasteiger partial charge in [-0.3, -0.25) is 4.90 Å². The van der Waals surface area contributed by atoms with E-state index in [1.165, 1.54) is 31.5 Å². The molecule has 1 aliphatic rings. The van der Waals surface area contributed by atoms with Gasteiger partial charge in [0.05, 0.1) is 7.11 Å². The van der Waals surface area contributed by atoms with Crippen molar-refractivity contribution in [2.24, 2.45) is 0 Å². The highest BCUT2D eigenvalue weighted by molar-refractivity contribution is 5.42. The van der Waals surface area contributed by atoms with Gasteiger partial charge in [-0.05, 0) is 50.6 Å². The molecule has 1 aliphatic heterocycles. The summed E-state index contributed by atoms with van der Waals surface area (Å²) in [5.41, 5.74) is 1.20. The maximum absolute atomic E-state index is 5.80. The average molecular weight is 235 g/mol. The molecule has 0 aromatic heterocycles. The molecule has 94 valence electrons. The Kier molecular flexibility index (Phi) is 4.26. The summed E-state index contributed by atoms with van der Waals surface area (Å²) in [4.78, 5) is 2.45. The van der Waals surface area contributed by atoms with Crippen molar-refractivity contribution in [3.63, 3.8) is 0 Å². The number of ether oxygens (including phenoxy) is 2. The summed E-state index contributed by atoms with van der Waals surface area (Å²) in [6.07, 6.45) is 2.65. The summed E-state index contributed by atoms with van der Waals surface area (Å²) in [6.45, 7) is 6.24. The van der Waals surface area contributed by atoms with E-state index in [0.29, 0.717) is 0 Å². The van der Waals surface area contributed by atoms with E-state index in [2.05, 4.69) is 11.8 Å². The van der Waals surface area contributed by atoms with E-state index in [-0.39, 0.29) is 0 Å². The zero-order valence-corrected chi connectivity index (χ0v) is 10.7. The molecule has 3 nitrogen and oxygen atoms in total. The minimum atomic E-state index is 0.736. The maximum atomic E-state index is 5.80. The van der Waals surface area contributed by atoms with Crippen LogP contribution < -0.4 is 9.47 Å². The zero-order chi connectivity index (χ0) is 12.1. The molecule has 1 saturated heterocycles. The quantitative estimate of drug-likeness (QED) is 0.782. The second-order valence-electron chi connectivity index (χ2n) is 4.55. The van der Waals surface area contributed by atoms with Crippen LogP contribution >= 0.6 is 0 Å². The minimum absolute atomic E-state index is 0.736. The highest BCUT2D eigenvalue weighted by Crippen LogP contribution is 2.27. The maximum Gasteiger partial charge on any atom is 0.161 e. The molecule has 0 atom stereocenters. The molecular formula is C14H21NO2. The standard InChI is InChI=1S/C14H21NO2/c1-12-5-6-13(16-2)14(11-12)17-10-9-15-7-3-4-8-15/h5-6,11H,3-4,7-10H2,1-2H3. The Hall–Kier alpha value is -1.22. The third-order valence-electron chi connectivity index (χ3n) is 3.18. The molecule has 2 rings (SSSR count). The summed E-state index contributed by atoms with van der Waals surface area (Å²) in [5.74, 6) is 1.67. The number of hydrogen-bond acceptors (Lipinski definition) is 3. The smallest absolute Gasteiger partial charge is 0.161 e. The fourth-order valence-corrected chi connectivity index (χ4v) is 2.19. The van der Waals surface area contributed by atoms with E-state index >= 15 is 0 Å². The zero-order valence-electron chi connectivity index (χ0n) is 10.7. The van der Waals surface area contributed by atoms with Crippen molar-refractivity contribution in [2.75, 3.05) is 33.4 Å². The molecule has 0 spiro atoms. The number of methoxy groups -OCH3 is 1. The Morgan fingerprint density at radius 1 is 1.18 bits per heavy atom. The number of likely N-dealkylation sites (tertiary alicyclic amines) is 1. The third-order valence-corrected chi connectivity index (χ3v) is 3.18. The second kappa shape index (κ2) is 5.92. The lowest BCUT2D eigenvalue weighted by atomic mass is 10.2. The number of nitrogens with zero attached hydrogens (tertiary/aromatic N) is 1. The van der Waals surface area contributed by atoms with Crippen LogP contribution in [-0.2, 0) is 0 Å². The van der Waals surface area contributed by atoms with Crippen LogP contribution in [0.4, 0.5) is 0 Å². The van der Waals surface area contributed by atoms with Crippen LogP contribution in [0.2, 0.25) is 0 Å². The van der Waals surface area contributed by atoms with Crippen molar-refractivity contribution in [1.29, 1.82) is 0 Å². The molecule has 0 bridgehead atoms. The van der Waals surface area contributed by atoms with Crippen LogP contribution in [0.1, 0.15) is 18.4 Å². The van der Waals surface area contributed by atoms with Gasteiger partial charge in [0.1, 0.15) is 6.61 Å². The number of hydrogen-bond donors (Lipinski definition) is 0. The molecule has 0 saturated carbocycles. The molecular weight excluding hydrogens is 214 g/mol. The van der Waals surface area contributed by atoms with Gasteiger partial charge in [-0.25, -0.2) is 0 Å². The molecule has 1 aromatic rings. The van der Waals surface area contributed by atoms with Crippen molar-refractivity contribution in [2.45, 2.75) is 19.8 Å². The van der Waals surface area contributed by atoms with Crippen LogP contribution in [0.25, 0.3) is 0 Å². The molecule has 0 radical (unpaired) electrons. The molecule has 0 amide bonds. The van der Waals surface area contributed by atoms with E-state index in [1.54, 1.807) is 7.11 Å². The Bertz CT molecular complexity index is 359. The normalized spacial score (nSPS) is 16.1. The van der Waals surface area contributed by atoms with Gasteiger partial charge in [0.15, 0.2) is 11.5 Å². The third kappa shape index (κ3) is 3.37. The van der Waals surface area contributed by atoms with E-state index < -0.39 is 0 Å². The number of aryl methyl sites for hydroxylation is 1. The molecule has 1 aromatic carbocycles. The summed E-state index contributed by atoms with van der Waals surface area (Å²) in [7, 11) is 1.68. The molecule has 0 aliphatic carbocycles. The van der Waals surface area contributed by atoms with Crippen molar-refractivity contribution in [3.05, 3.63) is 23.8 Å². The first-order valence-corrected chi connectivity index (χ1v) is 6.29. The SMILES string of the molecule is COc1ccc(C)cc1OCCN1CCCC1. The first kappa shape index (κ1) is 12.2. The van der Waals surface area contributed by atoms with E-state index in [9.17, 15) is 0 Å². The van der Waals surface area contributed by atoms with Crippen LogP contribution in [0.5, 0.6) is 11.5 Å². The Labute approximate surface area is 103 Å². The average Bonchev–Trinajstić information content (AvgIpc) is 2.82. The first-order valence-electron chi connectivity index (χ1n) is 6.29.